The van der Waals surface area contributed by atoms with Crippen molar-refractivity contribution in [3.8, 4) is 5.75 Å². The molecule has 3 aromatic rings. The van der Waals surface area contributed by atoms with Gasteiger partial charge in [0.25, 0.3) is 0 Å². The Morgan fingerprint density at radius 1 is 1.00 bits per heavy atom. The number of fused-ring (bicyclic) bond motifs is 1. The Labute approximate surface area is 200 Å². The summed E-state index contributed by atoms with van der Waals surface area (Å²) in [5, 5.41) is 10.00. The number of nitrogens with one attached hydrogen (secondary N) is 1. The zero-order chi connectivity index (χ0) is 24.6. The second kappa shape index (κ2) is 11.7. The third kappa shape index (κ3) is 7.35. The van der Waals surface area contributed by atoms with Crippen molar-refractivity contribution in [3.05, 3.63) is 76.1 Å². The SMILES string of the molecule is CC(C)(C)OC(=O)N(CCCCO)CCc1ccc(OCc2ccccc2)c2[nH]c(=O)ccc12. The number of aliphatic hydroxyl groups is 1. The minimum Gasteiger partial charge on any atom is -0.487 e. The number of hydrogen-bond donors (Lipinski definition) is 2. The van der Waals surface area contributed by atoms with E-state index in [0.717, 1.165) is 16.5 Å². The van der Waals surface area contributed by atoms with Gasteiger partial charge in [0, 0.05) is 31.1 Å². The van der Waals surface area contributed by atoms with E-state index >= 15 is 0 Å². The van der Waals surface area contributed by atoms with Crippen molar-refractivity contribution in [2.75, 3.05) is 19.7 Å². The molecule has 0 unspecified atom stereocenters. The summed E-state index contributed by atoms with van der Waals surface area (Å²) in [6.45, 7) is 6.97. The Hall–Kier alpha value is -3.32. The largest absolute Gasteiger partial charge is 0.487 e. The molecular weight excluding hydrogens is 432 g/mol. The highest BCUT2D eigenvalue weighted by Gasteiger charge is 2.22. The number of nitrogens with zero attached hydrogens (tertiary/aromatic N) is 1. The number of carbonyl (C=O) groups excluding carboxylic acids is 1. The number of rotatable bonds is 10. The van der Waals surface area contributed by atoms with Gasteiger partial charge in [-0.25, -0.2) is 4.79 Å². The molecule has 0 aliphatic heterocycles. The van der Waals surface area contributed by atoms with Crippen molar-refractivity contribution in [1.82, 2.24) is 9.88 Å². The van der Waals surface area contributed by atoms with Crippen LogP contribution in [0.25, 0.3) is 10.9 Å². The van der Waals surface area contributed by atoms with Crippen molar-refractivity contribution in [2.24, 2.45) is 0 Å². The molecule has 0 saturated heterocycles. The Morgan fingerprint density at radius 2 is 1.76 bits per heavy atom. The first-order valence-corrected chi connectivity index (χ1v) is 11.7. The molecule has 1 aromatic heterocycles. The summed E-state index contributed by atoms with van der Waals surface area (Å²) in [4.78, 5) is 29.4. The van der Waals surface area contributed by atoms with E-state index < -0.39 is 5.60 Å². The first kappa shape index (κ1) is 25.3. The van der Waals surface area contributed by atoms with Gasteiger partial charge in [-0.05, 0) is 63.3 Å². The van der Waals surface area contributed by atoms with E-state index in [2.05, 4.69) is 4.98 Å². The topological polar surface area (TPSA) is 91.9 Å². The molecule has 0 radical (unpaired) electrons. The van der Waals surface area contributed by atoms with E-state index in [4.69, 9.17) is 14.6 Å². The van der Waals surface area contributed by atoms with Crippen LogP contribution in [0.2, 0.25) is 0 Å². The summed E-state index contributed by atoms with van der Waals surface area (Å²) in [7, 11) is 0. The van der Waals surface area contributed by atoms with Gasteiger partial charge < -0.3 is 24.5 Å². The van der Waals surface area contributed by atoms with Crippen LogP contribution in [-0.2, 0) is 17.8 Å². The molecule has 34 heavy (non-hydrogen) atoms. The quantitative estimate of drug-likeness (QED) is 0.424. The monoisotopic (exact) mass is 466 g/mol. The number of benzene rings is 2. The number of unbranched alkanes of at least 4 members (excludes halogenated alkanes) is 1. The van der Waals surface area contributed by atoms with E-state index in [9.17, 15) is 9.59 Å². The van der Waals surface area contributed by atoms with E-state index in [0.29, 0.717) is 50.2 Å². The van der Waals surface area contributed by atoms with Crippen LogP contribution in [0.5, 0.6) is 5.75 Å². The van der Waals surface area contributed by atoms with Crippen LogP contribution in [-0.4, -0.2) is 46.4 Å². The van der Waals surface area contributed by atoms with Gasteiger partial charge in [0.05, 0.1) is 5.52 Å². The lowest BCUT2D eigenvalue weighted by atomic mass is 10.0. The number of H-pyrrole nitrogens is 1. The van der Waals surface area contributed by atoms with E-state index in [1.165, 1.54) is 6.07 Å². The summed E-state index contributed by atoms with van der Waals surface area (Å²) in [6.07, 6.45) is 1.53. The number of aliphatic hydroxyl groups excluding tert-OH is 1. The Kier molecular flexibility index (Phi) is 8.71. The second-order valence-electron chi connectivity index (χ2n) is 9.26. The minimum atomic E-state index is -0.587. The fourth-order valence-corrected chi connectivity index (χ4v) is 3.65. The van der Waals surface area contributed by atoms with E-state index in [-0.39, 0.29) is 18.3 Å². The fourth-order valence-electron chi connectivity index (χ4n) is 3.65. The Bertz CT molecular complexity index is 1140. The van der Waals surface area contributed by atoms with E-state index in [1.54, 1.807) is 11.0 Å². The van der Waals surface area contributed by atoms with Crippen molar-refractivity contribution >= 4 is 17.0 Å². The molecule has 0 spiro atoms. The van der Waals surface area contributed by atoms with Gasteiger partial charge in [0.1, 0.15) is 18.0 Å². The summed E-state index contributed by atoms with van der Waals surface area (Å²) in [5.41, 5.74) is 1.89. The Balaban J connectivity index is 1.79. The van der Waals surface area contributed by atoms with Crippen molar-refractivity contribution < 1.29 is 19.4 Å². The van der Waals surface area contributed by atoms with Gasteiger partial charge in [-0.15, -0.1) is 0 Å². The molecule has 0 fully saturated rings. The van der Waals surface area contributed by atoms with Crippen molar-refractivity contribution in [3.63, 3.8) is 0 Å². The molecule has 7 nitrogen and oxygen atoms in total. The maximum absolute atomic E-state index is 12.7. The summed E-state index contributed by atoms with van der Waals surface area (Å²) < 4.78 is 11.6. The predicted molar refractivity (Wildman–Crippen MR) is 133 cm³/mol. The molecule has 7 heteroatoms. The lowest BCUT2D eigenvalue weighted by Gasteiger charge is -2.27. The summed E-state index contributed by atoms with van der Waals surface area (Å²) in [5.74, 6) is 0.604. The third-order valence-corrected chi connectivity index (χ3v) is 5.32. The number of ether oxygens (including phenoxy) is 2. The van der Waals surface area contributed by atoms with Crippen molar-refractivity contribution in [1.29, 1.82) is 0 Å². The van der Waals surface area contributed by atoms with Crippen LogP contribution < -0.4 is 10.3 Å². The zero-order valence-corrected chi connectivity index (χ0v) is 20.2. The van der Waals surface area contributed by atoms with E-state index in [1.807, 2.05) is 63.2 Å². The molecular formula is C27H34N2O5. The first-order chi connectivity index (χ1) is 16.3. The zero-order valence-electron chi connectivity index (χ0n) is 20.2. The lowest BCUT2D eigenvalue weighted by molar-refractivity contribution is 0.0246. The highest BCUT2D eigenvalue weighted by molar-refractivity contribution is 5.87. The molecule has 3 rings (SSSR count). The Morgan fingerprint density at radius 3 is 2.47 bits per heavy atom. The second-order valence-corrected chi connectivity index (χ2v) is 9.26. The molecule has 2 aromatic carbocycles. The average molecular weight is 467 g/mol. The van der Waals surface area contributed by atoms with Gasteiger partial charge in [-0.1, -0.05) is 36.4 Å². The molecule has 1 heterocycles. The molecule has 0 aliphatic rings. The number of pyridine rings is 1. The molecule has 0 saturated carbocycles. The van der Waals surface area contributed by atoms with Gasteiger partial charge in [-0.3, -0.25) is 4.79 Å². The number of amides is 1. The lowest BCUT2D eigenvalue weighted by Crippen LogP contribution is -2.38. The van der Waals surface area contributed by atoms with Crippen LogP contribution in [0.4, 0.5) is 4.79 Å². The van der Waals surface area contributed by atoms with Crippen LogP contribution in [0.1, 0.15) is 44.7 Å². The molecule has 1 amide bonds. The maximum atomic E-state index is 12.7. The van der Waals surface area contributed by atoms with Gasteiger partial charge in [0.2, 0.25) is 5.56 Å². The highest BCUT2D eigenvalue weighted by Crippen LogP contribution is 2.27. The average Bonchev–Trinajstić information content (AvgIpc) is 2.79. The van der Waals surface area contributed by atoms with Crippen LogP contribution in [0.3, 0.4) is 0 Å². The van der Waals surface area contributed by atoms with Crippen molar-refractivity contribution in [2.45, 2.75) is 52.2 Å². The number of carbonyl (C=O) groups is 1. The molecule has 182 valence electrons. The first-order valence-electron chi connectivity index (χ1n) is 11.7. The third-order valence-electron chi connectivity index (χ3n) is 5.32. The van der Waals surface area contributed by atoms with Crippen LogP contribution in [0.15, 0.2) is 59.4 Å². The summed E-state index contributed by atoms with van der Waals surface area (Å²) >= 11 is 0. The maximum Gasteiger partial charge on any atom is 0.410 e. The minimum absolute atomic E-state index is 0.0879. The molecule has 2 N–H and O–H groups in total. The molecule has 0 atom stereocenters. The van der Waals surface area contributed by atoms with Gasteiger partial charge >= 0.3 is 6.09 Å². The predicted octanol–water partition coefficient (Wildman–Crippen LogP) is 4.66. The smallest absolute Gasteiger partial charge is 0.410 e. The number of hydrogen-bond acceptors (Lipinski definition) is 5. The van der Waals surface area contributed by atoms with Crippen LogP contribution >= 0.6 is 0 Å². The molecule has 0 bridgehead atoms. The van der Waals surface area contributed by atoms with Gasteiger partial charge in [-0.2, -0.15) is 0 Å². The normalized spacial score (nSPS) is 11.4. The highest BCUT2D eigenvalue weighted by atomic mass is 16.6. The summed E-state index contributed by atoms with van der Waals surface area (Å²) in [6, 6.07) is 17.0. The molecule has 0 aliphatic carbocycles. The number of aromatic nitrogens is 1. The standard InChI is InChI=1S/C27H34N2O5/c1-27(2,3)34-26(32)29(16-7-8-18-30)17-15-21-11-13-23(25-22(21)12-14-24(31)28-25)33-19-20-9-5-4-6-10-20/h4-6,9-14,30H,7-8,15-19H2,1-3H3,(H,28,31). The van der Waals surface area contributed by atoms with Gasteiger partial charge in [0.15, 0.2) is 0 Å². The fraction of sp³-hybridized carbons (Fsp3) is 0.407. The van der Waals surface area contributed by atoms with Crippen LogP contribution in [0, 0.1) is 0 Å². The number of aromatic amines is 1.